The average Bonchev–Trinajstić information content (AvgIpc) is 2.73. The van der Waals surface area contributed by atoms with Gasteiger partial charge in [0.25, 0.3) is 0 Å². The van der Waals surface area contributed by atoms with Gasteiger partial charge in [-0.05, 0) is 19.9 Å². The van der Waals surface area contributed by atoms with Crippen LogP contribution in [0.4, 0.5) is 0 Å². The van der Waals surface area contributed by atoms with E-state index >= 15 is 0 Å². The third-order valence-electron chi connectivity index (χ3n) is 3.98. The van der Waals surface area contributed by atoms with Crippen LogP contribution in [0.2, 0.25) is 0 Å². The molecule has 1 heterocycles. The van der Waals surface area contributed by atoms with Crippen LogP contribution in [0.3, 0.4) is 0 Å². The predicted molar refractivity (Wildman–Crippen MR) is 70.3 cm³/mol. The van der Waals surface area contributed by atoms with Crippen molar-refractivity contribution in [1.29, 1.82) is 0 Å². The van der Waals surface area contributed by atoms with E-state index in [0.29, 0.717) is 13.0 Å². The van der Waals surface area contributed by atoms with Gasteiger partial charge in [-0.2, -0.15) is 0 Å². The van der Waals surface area contributed by atoms with Crippen molar-refractivity contribution in [1.82, 2.24) is 10.2 Å². The summed E-state index contributed by atoms with van der Waals surface area (Å²) in [6, 6.07) is 0. The molecule has 1 unspecified atom stereocenters. The SMILES string of the molecule is CN1CCOC(CNC(=O)CC2(N)CCCC2)C1. The van der Waals surface area contributed by atoms with Crippen LogP contribution in [0, 0.1) is 0 Å². The molecule has 5 nitrogen and oxygen atoms in total. The van der Waals surface area contributed by atoms with Crippen LogP contribution < -0.4 is 11.1 Å². The Morgan fingerprint density at radius 1 is 1.50 bits per heavy atom. The normalized spacial score (nSPS) is 28.2. The van der Waals surface area contributed by atoms with E-state index in [9.17, 15) is 4.79 Å². The lowest BCUT2D eigenvalue weighted by Gasteiger charge is -2.30. The Morgan fingerprint density at radius 2 is 2.22 bits per heavy atom. The molecule has 5 heteroatoms. The molecule has 0 aromatic carbocycles. The number of rotatable bonds is 4. The largest absolute Gasteiger partial charge is 0.374 e. The molecule has 1 amide bonds. The highest BCUT2D eigenvalue weighted by molar-refractivity contribution is 5.77. The quantitative estimate of drug-likeness (QED) is 0.747. The fourth-order valence-electron chi connectivity index (χ4n) is 2.86. The van der Waals surface area contributed by atoms with Gasteiger partial charge in [-0.15, -0.1) is 0 Å². The van der Waals surface area contributed by atoms with Gasteiger partial charge in [0.05, 0.1) is 12.7 Å². The highest BCUT2D eigenvalue weighted by Gasteiger charge is 2.31. The Labute approximate surface area is 109 Å². The zero-order valence-electron chi connectivity index (χ0n) is 11.3. The molecule has 1 saturated carbocycles. The molecule has 2 aliphatic rings. The van der Waals surface area contributed by atoms with Crippen molar-refractivity contribution in [3.8, 4) is 0 Å². The van der Waals surface area contributed by atoms with Crippen LogP contribution in [-0.4, -0.2) is 55.7 Å². The number of nitrogens with two attached hydrogens (primary N) is 1. The molecule has 104 valence electrons. The lowest BCUT2D eigenvalue weighted by atomic mass is 9.94. The summed E-state index contributed by atoms with van der Waals surface area (Å²) in [5.41, 5.74) is 5.93. The maximum absolute atomic E-state index is 11.9. The molecule has 1 aliphatic heterocycles. The van der Waals surface area contributed by atoms with Crippen LogP contribution in [0.25, 0.3) is 0 Å². The topological polar surface area (TPSA) is 67.6 Å². The molecule has 0 bridgehead atoms. The van der Waals surface area contributed by atoms with E-state index in [0.717, 1.165) is 45.4 Å². The summed E-state index contributed by atoms with van der Waals surface area (Å²) in [5, 5.41) is 2.95. The second kappa shape index (κ2) is 5.99. The first kappa shape index (κ1) is 13.8. The zero-order chi connectivity index (χ0) is 13.0. The summed E-state index contributed by atoms with van der Waals surface area (Å²) in [6.45, 7) is 3.20. The summed E-state index contributed by atoms with van der Waals surface area (Å²) in [7, 11) is 2.07. The van der Waals surface area contributed by atoms with Crippen LogP contribution in [0.15, 0.2) is 0 Å². The lowest BCUT2D eigenvalue weighted by molar-refractivity contribution is -0.123. The molecular weight excluding hydrogens is 230 g/mol. The number of hydrogen-bond acceptors (Lipinski definition) is 4. The molecule has 2 fully saturated rings. The van der Waals surface area contributed by atoms with Crippen molar-refractivity contribution in [3.63, 3.8) is 0 Å². The Morgan fingerprint density at radius 3 is 2.89 bits per heavy atom. The summed E-state index contributed by atoms with van der Waals surface area (Å²) in [5.74, 6) is 0.0660. The minimum Gasteiger partial charge on any atom is -0.374 e. The fraction of sp³-hybridized carbons (Fsp3) is 0.923. The molecule has 3 N–H and O–H groups in total. The summed E-state index contributed by atoms with van der Waals surface area (Å²) in [6.07, 6.45) is 4.83. The number of likely N-dealkylation sites (N-methyl/N-ethyl adjacent to an activating group) is 1. The molecule has 1 saturated heterocycles. The Balaban J connectivity index is 1.68. The Bertz CT molecular complexity index is 290. The van der Waals surface area contributed by atoms with Crippen molar-refractivity contribution in [2.75, 3.05) is 33.3 Å². The van der Waals surface area contributed by atoms with Crippen molar-refractivity contribution in [2.24, 2.45) is 5.73 Å². The van der Waals surface area contributed by atoms with Gasteiger partial charge >= 0.3 is 0 Å². The minimum atomic E-state index is -0.256. The first-order chi connectivity index (χ1) is 8.57. The van der Waals surface area contributed by atoms with E-state index in [1.165, 1.54) is 0 Å². The first-order valence-corrected chi connectivity index (χ1v) is 6.93. The van der Waals surface area contributed by atoms with E-state index in [4.69, 9.17) is 10.5 Å². The average molecular weight is 255 g/mol. The van der Waals surface area contributed by atoms with Gasteiger partial charge in [-0.3, -0.25) is 4.79 Å². The zero-order valence-corrected chi connectivity index (χ0v) is 11.3. The second-order valence-corrected chi connectivity index (χ2v) is 5.81. The standard InChI is InChI=1S/C13H25N3O2/c1-16-6-7-18-11(10-16)9-15-12(17)8-13(14)4-2-3-5-13/h11H,2-10,14H2,1H3,(H,15,17). The van der Waals surface area contributed by atoms with E-state index in [1.807, 2.05) is 0 Å². The number of nitrogens with one attached hydrogen (secondary N) is 1. The molecule has 0 radical (unpaired) electrons. The third kappa shape index (κ3) is 3.93. The molecule has 18 heavy (non-hydrogen) atoms. The number of morpholine rings is 1. The van der Waals surface area contributed by atoms with Gasteiger partial charge in [0.2, 0.25) is 5.91 Å². The van der Waals surface area contributed by atoms with Gasteiger partial charge in [-0.1, -0.05) is 12.8 Å². The summed E-state index contributed by atoms with van der Waals surface area (Å²) < 4.78 is 5.61. The molecular formula is C13H25N3O2. The maximum atomic E-state index is 11.9. The van der Waals surface area contributed by atoms with Crippen molar-refractivity contribution in [3.05, 3.63) is 0 Å². The molecule has 1 aliphatic carbocycles. The number of ether oxygens (including phenoxy) is 1. The third-order valence-corrected chi connectivity index (χ3v) is 3.98. The number of hydrogen-bond donors (Lipinski definition) is 2. The highest BCUT2D eigenvalue weighted by atomic mass is 16.5. The predicted octanol–water partition coefficient (Wildman–Crippen LogP) is 0.0948. The van der Waals surface area contributed by atoms with Gasteiger partial charge in [0.15, 0.2) is 0 Å². The van der Waals surface area contributed by atoms with Gasteiger partial charge in [-0.25, -0.2) is 0 Å². The van der Waals surface area contributed by atoms with Gasteiger partial charge in [0, 0.05) is 31.6 Å². The molecule has 0 aromatic rings. The van der Waals surface area contributed by atoms with E-state index < -0.39 is 0 Å². The maximum Gasteiger partial charge on any atom is 0.221 e. The first-order valence-electron chi connectivity index (χ1n) is 6.93. The monoisotopic (exact) mass is 255 g/mol. The number of carbonyl (C=O) groups excluding carboxylic acids is 1. The summed E-state index contributed by atoms with van der Waals surface area (Å²) >= 11 is 0. The van der Waals surface area contributed by atoms with E-state index in [1.54, 1.807) is 0 Å². The second-order valence-electron chi connectivity index (χ2n) is 5.81. The van der Waals surface area contributed by atoms with Crippen molar-refractivity contribution < 1.29 is 9.53 Å². The molecule has 1 atom stereocenters. The molecule has 2 rings (SSSR count). The van der Waals surface area contributed by atoms with E-state index in [2.05, 4.69) is 17.3 Å². The van der Waals surface area contributed by atoms with E-state index in [-0.39, 0.29) is 17.6 Å². The van der Waals surface area contributed by atoms with Gasteiger partial charge in [0.1, 0.15) is 0 Å². The van der Waals surface area contributed by atoms with Gasteiger partial charge < -0.3 is 20.7 Å². The van der Waals surface area contributed by atoms with Crippen LogP contribution in [-0.2, 0) is 9.53 Å². The number of amides is 1. The minimum absolute atomic E-state index is 0.0660. The Hall–Kier alpha value is -0.650. The smallest absolute Gasteiger partial charge is 0.221 e. The Kier molecular flexibility index (Phi) is 4.59. The van der Waals surface area contributed by atoms with Crippen LogP contribution in [0.1, 0.15) is 32.1 Å². The van der Waals surface area contributed by atoms with Crippen molar-refractivity contribution in [2.45, 2.75) is 43.7 Å². The highest BCUT2D eigenvalue weighted by Crippen LogP contribution is 2.29. The fourth-order valence-corrected chi connectivity index (χ4v) is 2.86. The van der Waals surface area contributed by atoms with Crippen LogP contribution >= 0.6 is 0 Å². The number of nitrogens with zero attached hydrogens (tertiary/aromatic N) is 1. The lowest BCUT2D eigenvalue weighted by Crippen LogP contribution is -2.48. The summed E-state index contributed by atoms with van der Waals surface area (Å²) in [4.78, 5) is 14.1. The number of carbonyl (C=O) groups is 1. The van der Waals surface area contributed by atoms with Crippen molar-refractivity contribution >= 4 is 5.91 Å². The van der Waals surface area contributed by atoms with Crippen LogP contribution in [0.5, 0.6) is 0 Å². The molecule has 0 aromatic heterocycles. The molecule has 0 spiro atoms.